The Morgan fingerprint density at radius 3 is 2.81 bits per heavy atom. The molecule has 2 amide bonds. The molecule has 2 aromatic rings. The number of urea groups is 1. The Morgan fingerprint density at radius 2 is 2.10 bits per heavy atom. The quantitative estimate of drug-likeness (QED) is 0.670. The van der Waals surface area contributed by atoms with Gasteiger partial charge in [0.25, 0.3) is 0 Å². The molecule has 0 atom stereocenters. The van der Waals surface area contributed by atoms with Gasteiger partial charge in [-0.1, -0.05) is 12.1 Å². The van der Waals surface area contributed by atoms with Crippen LogP contribution in [0.2, 0.25) is 0 Å². The molecular weight excluding hydrogens is 412 g/mol. The van der Waals surface area contributed by atoms with E-state index in [-0.39, 0.29) is 11.6 Å². The molecule has 0 unspecified atom stereocenters. The summed E-state index contributed by atoms with van der Waals surface area (Å²) in [6.07, 6.45) is 0. The third-order valence-electron chi connectivity index (χ3n) is 4.86. The van der Waals surface area contributed by atoms with E-state index in [4.69, 9.17) is 14.5 Å². The maximum atomic E-state index is 12.9. The van der Waals surface area contributed by atoms with E-state index >= 15 is 0 Å². The van der Waals surface area contributed by atoms with Crippen LogP contribution >= 0.6 is 11.3 Å². The molecule has 1 aromatic heterocycles. The Morgan fingerprint density at radius 1 is 1.32 bits per heavy atom. The van der Waals surface area contributed by atoms with Gasteiger partial charge in [0.1, 0.15) is 17.4 Å². The van der Waals surface area contributed by atoms with Crippen LogP contribution in [-0.2, 0) is 17.9 Å². The van der Waals surface area contributed by atoms with Gasteiger partial charge >= 0.3 is 6.03 Å². The zero-order valence-corrected chi connectivity index (χ0v) is 19.8. The smallest absolute Gasteiger partial charge is 0.318 e. The number of aryl methyl sites for hydroxylation is 1. The van der Waals surface area contributed by atoms with Gasteiger partial charge in [0.15, 0.2) is 0 Å². The van der Waals surface area contributed by atoms with Gasteiger partial charge < -0.3 is 19.7 Å². The van der Waals surface area contributed by atoms with E-state index in [0.717, 1.165) is 54.9 Å². The number of benzene rings is 1. The highest BCUT2D eigenvalue weighted by Gasteiger charge is 2.22. The fraction of sp³-hybridized carbons (Fsp3) is 0.565. The average Bonchev–Trinajstić information content (AvgIpc) is 3.16. The first kappa shape index (κ1) is 23.5. The van der Waals surface area contributed by atoms with Crippen molar-refractivity contribution in [3.63, 3.8) is 0 Å². The SMILES string of the molecule is Cc1cccc(OCc2nc(CN(CCN3CCOCC3)C(=O)NC(C)(C)C)cs2)c1. The Kier molecular flexibility index (Phi) is 8.28. The highest BCUT2D eigenvalue weighted by Crippen LogP contribution is 2.18. The van der Waals surface area contributed by atoms with Crippen LogP contribution in [-0.4, -0.2) is 65.7 Å². The number of carbonyl (C=O) groups excluding carboxylic acids is 1. The number of nitrogens with one attached hydrogen (secondary N) is 1. The lowest BCUT2D eigenvalue weighted by Gasteiger charge is -2.31. The summed E-state index contributed by atoms with van der Waals surface area (Å²) < 4.78 is 11.3. The lowest BCUT2D eigenvalue weighted by atomic mass is 10.1. The molecule has 0 spiro atoms. The molecule has 1 fully saturated rings. The number of ether oxygens (including phenoxy) is 2. The van der Waals surface area contributed by atoms with Crippen molar-refractivity contribution in [2.45, 2.75) is 46.4 Å². The lowest BCUT2D eigenvalue weighted by molar-refractivity contribution is 0.0345. The third-order valence-corrected chi connectivity index (χ3v) is 5.73. The summed E-state index contributed by atoms with van der Waals surface area (Å²) in [6.45, 7) is 13.7. The summed E-state index contributed by atoms with van der Waals surface area (Å²) in [5.41, 5.74) is 1.76. The lowest BCUT2D eigenvalue weighted by Crippen LogP contribution is -2.50. The fourth-order valence-electron chi connectivity index (χ4n) is 3.27. The molecule has 3 rings (SSSR count). The van der Waals surface area contributed by atoms with Gasteiger partial charge in [-0.05, 0) is 45.4 Å². The third kappa shape index (κ3) is 8.12. The zero-order valence-electron chi connectivity index (χ0n) is 19.0. The number of nitrogens with zero attached hydrogens (tertiary/aromatic N) is 3. The van der Waals surface area contributed by atoms with Crippen molar-refractivity contribution in [2.75, 3.05) is 39.4 Å². The molecule has 31 heavy (non-hydrogen) atoms. The van der Waals surface area contributed by atoms with Gasteiger partial charge in [-0.3, -0.25) is 4.90 Å². The molecule has 170 valence electrons. The van der Waals surface area contributed by atoms with Crippen LogP contribution in [0.25, 0.3) is 0 Å². The predicted molar refractivity (Wildman–Crippen MR) is 124 cm³/mol. The van der Waals surface area contributed by atoms with Crippen molar-refractivity contribution in [2.24, 2.45) is 0 Å². The minimum absolute atomic E-state index is 0.0636. The van der Waals surface area contributed by atoms with Gasteiger partial charge in [-0.2, -0.15) is 0 Å². The molecule has 1 aliphatic heterocycles. The number of hydrogen-bond acceptors (Lipinski definition) is 6. The average molecular weight is 447 g/mol. The van der Waals surface area contributed by atoms with Crippen LogP contribution in [0.15, 0.2) is 29.6 Å². The van der Waals surface area contributed by atoms with Crippen LogP contribution in [0.1, 0.15) is 37.0 Å². The first-order chi connectivity index (χ1) is 14.8. The van der Waals surface area contributed by atoms with E-state index in [9.17, 15) is 4.79 Å². The molecule has 2 heterocycles. The van der Waals surface area contributed by atoms with Gasteiger partial charge in [0, 0.05) is 37.1 Å². The van der Waals surface area contributed by atoms with Gasteiger partial charge in [-0.15, -0.1) is 11.3 Å². The number of amides is 2. The second-order valence-electron chi connectivity index (χ2n) is 8.89. The minimum Gasteiger partial charge on any atom is -0.486 e. The topological polar surface area (TPSA) is 66.9 Å². The fourth-order valence-corrected chi connectivity index (χ4v) is 3.97. The van der Waals surface area contributed by atoms with E-state index in [1.807, 2.05) is 62.2 Å². The van der Waals surface area contributed by atoms with Crippen LogP contribution in [0.4, 0.5) is 4.79 Å². The van der Waals surface area contributed by atoms with Gasteiger partial charge in [0.2, 0.25) is 0 Å². The molecule has 8 heteroatoms. The van der Waals surface area contributed by atoms with Crippen molar-refractivity contribution in [3.05, 3.63) is 45.9 Å². The summed E-state index contributed by atoms with van der Waals surface area (Å²) in [5, 5.41) is 6.00. The van der Waals surface area contributed by atoms with E-state index < -0.39 is 0 Å². The van der Waals surface area contributed by atoms with E-state index in [1.165, 1.54) is 0 Å². The van der Waals surface area contributed by atoms with Crippen LogP contribution in [0.5, 0.6) is 5.75 Å². The molecule has 0 saturated carbocycles. The summed E-state index contributed by atoms with van der Waals surface area (Å²) in [6, 6.07) is 7.93. The predicted octanol–water partition coefficient (Wildman–Crippen LogP) is 3.67. The number of hydrogen-bond donors (Lipinski definition) is 1. The minimum atomic E-state index is -0.289. The molecule has 1 aliphatic rings. The number of rotatable bonds is 8. The molecule has 0 radical (unpaired) electrons. The maximum absolute atomic E-state index is 12.9. The van der Waals surface area contributed by atoms with Crippen molar-refractivity contribution in [1.82, 2.24) is 20.1 Å². The Balaban J connectivity index is 1.59. The molecule has 0 bridgehead atoms. The van der Waals surface area contributed by atoms with Crippen molar-refractivity contribution in [3.8, 4) is 5.75 Å². The Labute approximate surface area is 189 Å². The monoisotopic (exact) mass is 446 g/mol. The van der Waals surface area contributed by atoms with Crippen molar-refractivity contribution >= 4 is 17.4 Å². The van der Waals surface area contributed by atoms with Crippen LogP contribution < -0.4 is 10.1 Å². The number of aromatic nitrogens is 1. The van der Waals surface area contributed by atoms with E-state index in [1.54, 1.807) is 11.3 Å². The number of morpholine rings is 1. The molecule has 1 aromatic carbocycles. The summed E-state index contributed by atoms with van der Waals surface area (Å²) in [7, 11) is 0. The van der Waals surface area contributed by atoms with Gasteiger partial charge in [-0.25, -0.2) is 9.78 Å². The first-order valence-electron chi connectivity index (χ1n) is 10.8. The maximum Gasteiger partial charge on any atom is 0.318 e. The number of carbonyl (C=O) groups is 1. The van der Waals surface area contributed by atoms with Crippen molar-refractivity contribution in [1.29, 1.82) is 0 Å². The van der Waals surface area contributed by atoms with Crippen LogP contribution in [0, 0.1) is 6.92 Å². The Hall–Kier alpha value is -2.16. The molecule has 0 aliphatic carbocycles. The first-order valence-corrected chi connectivity index (χ1v) is 11.7. The standard InChI is InChI=1S/C23H34N4O3S/c1-18-6-5-7-20(14-18)30-16-21-24-19(17-31-21)15-27(22(28)25-23(2,3)4)9-8-26-10-12-29-13-11-26/h5-7,14,17H,8-13,15-16H2,1-4H3,(H,25,28). The zero-order chi connectivity index (χ0) is 22.3. The van der Waals surface area contributed by atoms with Crippen LogP contribution in [0.3, 0.4) is 0 Å². The highest BCUT2D eigenvalue weighted by atomic mass is 32.1. The molecule has 1 saturated heterocycles. The van der Waals surface area contributed by atoms with Crippen molar-refractivity contribution < 1.29 is 14.3 Å². The second-order valence-corrected chi connectivity index (χ2v) is 9.84. The number of thiazole rings is 1. The normalized spacial score (nSPS) is 15.0. The molecule has 1 N–H and O–H groups in total. The Bertz CT molecular complexity index is 843. The molecular formula is C23H34N4O3S. The van der Waals surface area contributed by atoms with E-state index in [2.05, 4.69) is 10.2 Å². The summed E-state index contributed by atoms with van der Waals surface area (Å²) in [4.78, 5) is 21.8. The highest BCUT2D eigenvalue weighted by molar-refractivity contribution is 7.09. The molecule has 7 nitrogen and oxygen atoms in total. The summed E-state index contributed by atoms with van der Waals surface area (Å²) in [5.74, 6) is 0.841. The van der Waals surface area contributed by atoms with Gasteiger partial charge in [0.05, 0.1) is 25.5 Å². The largest absolute Gasteiger partial charge is 0.486 e. The summed E-state index contributed by atoms with van der Waals surface area (Å²) >= 11 is 1.56. The van der Waals surface area contributed by atoms with E-state index in [0.29, 0.717) is 19.7 Å². The second kappa shape index (κ2) is 10.9.